The van der Waals surface area contributed by atoms with Crippen molar-refractivity contribution in [3.05, 3.63) is 71.6 Å². The van der Waals surface area contributed by atoms with Crippen LogP contribution in [0.5, 0.6) is 5.88 Å². The number of hydrogen-bond acceptors (Lipinski definition) is 5. The summed E-state index contributed by atoms with van der Waals surface area (Å²) in [7, 11) is 0. The number of aromatic nitrogens is 3. The second-order valence-electron chi connectivity index (χ2n) is 4.49. The number of halogens is 1. The van der Waals surface area contributed by atoms with Gasteiger partial charge in [-0.1, -0.05) is 41.9 Å². The van der Waals surface area contributed by atoms with Crippen LogP contribution in [0.1, 0.15) is 5.56 Å². The minimum absolute atomic E-state index is 0.310. The maximum atomic E-state index is 6.01. The highest BCUT2D eigenvalue weighted by atomic mass is 35.5. The second kappa shape index (κ2) is 6.87. The van der Waals surface area contributed by atoms with Crippen molar-refractivity contribution in [1.29, 1.82) is 0 Å². The van der Waals surface area contributed by atoms with Gasteiger partial charge < -0.3 is 10.1 Å². The van der Waals surface area contributed by atoms with Gasteiger partial charge in [-0.15, -0.1) is 0 Å². The van der Waals surface area contributed by atoms with Crippen molar-refractivity contribution >= 4 is 23.2 Å². The lowest BCUT2D eigenvalue weighted by Gasteiger charge is -2.08. The number of hydrogen-bond donors (Lipinski definition) is 1. The number of rotatable bonds is 5. The molecule has 0 aliphatic carbocycles. The van der Waals surface area contributed by atoms with E-state index in [1.807, 2.05) is 42.5 Å². The summed E-state index contributed by atoms with van der Waals surface area (Å²) in [5.74, 6) is 0.777. The minimum atomic E-state index is 0.310. The van der Waals surface area contributed by atoms with Crippen molar-refractivity contribution in [3.63, 3.8) is 0 Å². The molecule has 6 heteroatoms. The van der Waals surface area contributed by atoms with Crippen LogP contribution in [-0.2, 0) is 6.61 Å². The first-order valence-corrected chi connectivity index (χ1v) is 7.06. The summed E-state index contributed by atoms with van der Waals surface area (Å²) < 4.78 is 5.66. The Labute approximate surface area is 133 Å². The van der Waals surface area contributed by atoms with Gasteiger partial charge in [0.15, 0.2) is 0 Å². The van der Waals surface area contributed by atoms with E-state index < -0.39 is 0 Å². The summed E-state index contributed by atoms with van der Waals surface area (Å²) in [5, 5.41) is 3.34. The third-order valence-electron chi connectivity index (χ3n) is 2.82. The predicted molar refractivity (Wildman–Crippen MR) is 85.3 cm³/mol. The van der Waals surface area contributed by atoms with E-state index in [9.17, 15) is 0 Å². The Kier molecular flexibility index (Phi) is 4.46. The zero-order valence-corrected chi connectivity index (χ0v) is 12.4. The van der Waals surface area contributed by atoms with Gasteiger partial charge in [-0.25, -0.2) is 4.98 Å². The zero-order chi connectivity index (χ0) is 15.2. The molecule has 0 saturated heterocycles. The molecule has 0 radical (unpaired) electrons. The highest BCUT2D eigenvalue weighted by molar-refractivity contribution is 6.29. The van der Waals surface area contributed by atoms with Gasteiger partial charge in [0.1, 0.15) is 11.8 Å². The number of pyridine rings is 1. The van der Waals surface area contributed by atoms with Crippen LogP contribution >= 0.6 is 11.6 Å². The van der Waals surface area contributed by atoms with E-state index in [2.05, 4.69) is 20.3 Å². The molecule has 110 valence electrons. The normalized spacial score (nSPS) is 10.2. The molecule has 0 aliphatic rings. The summed E-state index contributed by atoms with van der Waals surface area (Å²) >= 11 is 6.01. The van der Waals surface area contributed by atoms with E-state index in [-0.39, 0.29) is 0 Å². The Hall–Kier alpha value is -2.66. The average Bonchev–Trinajstić information content (AvgIpc) is 2.54. The topological polar surface area (TPSA) is 59.9 Å². The van der Waals surface area contributed by atoms with E-state index in [1.165, 1.54) is 0 Å². The Morgan fingerprint density at radius 2 is 1.91 bits per heavy atom. The molecule has 0 aliphatic heterocycles. The molecule has 0 amide bonds. The number of anilines is 2. The first kappa shape index (κ1) is 14.3. The van der Waals surface area contributed by atoms with Crippen LogP contribution in [0.15, 0.2) is 60.9 Å². The monoisotopic (exact) mass is 312 g/mol. The standard InChI is InChI=1S/C16H13ClN4O/c17-14-9-15(22-11-12-5-2-1-3-6-12)21-16(20-14)19-13-7-4-8-18-10-13/h1-10H,11H2,(H,19,20,21). The zero-order valence-electron chi connectivity index (χ0n) is 11.6. The van der Waals surface area contributed by atoms with Gasteiger partial charge in [0, 0.05) is 12.3 Å². The molecule has 2 heterocycles. The minimum Gasteiger partial charge on any atom is -0.473 e. The van der Waals surface area contributed by atoms with Gasteiger partial charge >= 0.3 is 0 Å². The van der Waals surface area contributed by atoms with Gasteiger partial charge in [0.05, 0.1) is 11.9 Å². The maximum absolute atomic E-state index is 6.01. The second-order valence-corrected chi connectivity index (χ2v) is 4.88. The lowest BCUT2D eigenvalue weighted by Crippen LogP contribution is -2.02. The summed E-state index contributed by atoms with van der Waals surface area (Å²) in [4.78, 5) is 12.4. The van der Waals surface area contributed by atoms with Crippen molar-refractivity contribution in [2.24, 2.45) is 0 Å². The quantitative estimate of drug-likeness (QED) is 0.725. The van der Waals surface area contributed by atoms with Crippen LogP contribution in [0.25, 0.3) is 0 Å². The Morgan fingerprint density at radius 1 is 1.05 bits per heavy atom. The molecular weight excluding hydrogens is 300 g/mol. The summed E-state index contributed by atoms with van der Waals surface area (Å²) in [6.07, 6.45) is 3.37. The van der Waals surface area contributed by atoms with E-state index in [0.29, 0.717) is 23.6 Å². The van der Waals surface area contributed by atoms with Crippen LogP contribution in [0.3, 0.4) is 0 Å². The third kappa shape index (κ3) is 3.93. The number of nitrogens with zero attached hydrogens (tertiary/aromatic N) is 3. The first-order valence-electron chi connectivity index (χ1n) is 6.68. The van der Waals surface area contributed by atoms with E-state index in [4.69, 9.17) is 16.3 Å². The van der Waals surface area contributed by atoms with Crippen molar-refractivity contribution < 1.29 is 4.74 Å². The van der Waals surface area contributed by atoms with E-state index in [1.54, 1.807) is 18.5 Å². The molecule has 0 saturated carbocycles. The van der Waals surface area contributed by atoms with Gasteiger partial charge in [-0.05, 0) is 17.7 Å². The van der Waals surface area contributed by atoms with Crippen molar-refractivity contribution in [2.45, 2.75) is 6.61 Å². The van der Waals surface area contributed by atoms with Gasteiger partial charge in [0.2, 0.25) is 11.8 Å². The lowest BCUT2D eigenvalue weighted by atomic mass is 10.2. The van der Waals surface area contributed by atoms with Crippen molar-refractivity contribution in [3.8, 4) is 5.88 Å². The van der Waals surface area contributed by atoms with Crippen molar-refractivity contribution in [1.82, 2.24) is 15.0 Å². The molecule has 0 bridgehead atoms. The van der Waals surface area contributed by atoms with Crippen LogP contribution in [-0.4, -0.2) is 15.0 Å². The van der Waals surface area contributed by atoms with Crippen LogP contribution in [0.4, 0.5) is 11.6 Å². The molecule has 3 rings (SSSR count). The first-order chi connectivity index (χ1) is 10.8. The van der Waals surface area contributed by atoms with Crippen LogP contribution in [0.2, 0.25) is 5.15 Å². The highest BCUT2D eigenvalue weighted by Gasteiger charge is 2.05. The fourth-order valence-electron chi connectivity index (χ4n) is 1.82. The summed E-state index contributed by atoms with van der Waals surface area (Å²) in [6.45, 7) is 0.417. The molecule has 0 spiro atoms. The summed E-state index contributed by atoms with van der Waals surface area (Å²) in [6, 6.07) is 15.1. The SMILES string of the molecule is Clc1cc(OCc2ccccc2)nc(Nc2cccnc2)n1. The largest absolute Gasteiger partial charge is 0.473 e. The lowest BCUT2D eigenvalue weighted by molar-refractivity contribution is 0.294. The maximum Gasteiger partial charge on any atom is 0.231 e. The molecule has 1 N–H and O–H groups in total. The predicted octanol–water partition coefficient (Wildman–Crippen LogP) is 3.85. The molecule has 22 heavy (non-hydrogen) atoms. The average molecular weight is 313 g/mol. The molecular formula is C16H13ClN4O. The van der Waals surface area contributed by atoms with E-state index in [0.717, 1.165) is 11.3 Å². The van der Waals surface area contributed by atoms with Gasteiger partial charge in [-0.3, -0.25) is 4.98 Å². The van der Waals surface area contributed by atoms with Crippen LogP contribution < -0.4 is 10.1 Å². The number of nitrogens with one attached hydrogen (secondary N) is 1. The highest BCUT2D eigenvalue weighted by Crippen LogP contribution is 2.19. The van der Waals surface area contributed by atoms with Crippen LogP contribution in [0, 0.1) is 0 Å². The molecule has 1 aromatic carbocycles. The molecule has 2 aromatic heterocycles. The molecule has 0 unspecified atom stereocenters. The Bertz CT molecular complexity index is 738. The molecule has 3 aromatic rings. The number of benzene rings is 1. The Morgan fingerprint density at radius 3 is 2.68 bits per heavy atom. The Balaban J connectivity index is 1.72. The van der Waals surface area contributed by atoms with Gasteiger partial charge in [0.25, 0.3) is 0 Å². The fourth-order valence-corrected chi connectivity index (χ4v) is 2.00. The number of ether oxygens (including phenoxy) is 1. The molecule has 5 nitrogen and oxygen atoms in total. The van der Waals surface area contributed by atoms with Gasteiger partial charge in [-0.2, -0.15) is 4.98 Å². The fraction of sp³-hybridized carbons (Fsp3) is 0.0625. The van der Waals surface area contributed by atoms with Crippen molar-refractivity contribution in [2.75, 3.05) is 5.32 Å². The van der Waals surface area contributed by atoms with E-state index >= 15 is 0 Å². The summed E-state index contributed by atoms with van der Waals surface area (Å²) in [5.41, 5.74) is 1.83. The third-order valence-corrected chi connectivity index (χ3v) is 3.01. The molecule has 0 atom stereocenters. The molecule has 0 fully saturated rings. The smallest absolute Gasteiger partial charge is 0.231 e.